The maximum atomic E-state index is 12.4. The molecule has 0 spiro atoms. The summed E-state index contributed by atoms with van der Waals surface area (Å²) >= 11 is 7.59. The van der Waals surface area contributed by atoms with Gasteiger partial charge in [0.25, 0.3) is 0 Å². The summed E-state index contributed by atoms with van der Waals surface area (Å²) in [5.41, 5.74) is 1.54. The van der Waals surface area contributed by atoms with E-state index in [4.69, 9.17) is 20.8 Å². The van der Waals surface area contributed by atoms with E-state index < -0.39 is 5.63 Å². The number of carbonyl (C=O) groups excluding carboxylic acids is 1. The van der Waals surface area contributed by atoms with Crippen molar-refractivity contribution in [1.82, 2.24) is 4.98 Å². The molecule has 0 saturated heterocycles. The van der Waals surface area contributed by atoms with Crippen LogP contribution in [0.25, 0.3) is 11.0 Å². The topological polar surface area (TPSA) is 81.4 Å². The zero-order valence-corrected chi connectivity index (χ0v) is 16.4. The Kier molecular flexibility index (Phi) is 5.62. The van der Waals surface area contributed by atoms with Gasteiger partial charge < -0.3 is 14.5 Å². The molecule has 3 aromatic rings. The minimum absolute atomic E-state index is 0.116. The maximum absolute atomic E-state index is 12.4. The number of aromatic nitrogens is 1. The zero-order chi connectivity index (χ0) is 19.6. The number of carbonyl (C=O) groups is 1. The number of thiazole rings is 1. The number of nitrogens with zero attached hydrogens (tertiary/aromatic N) is 1. The highest BCUT2D eigenvalue weighted by Gasteiger charge is 2.17. The first kappa shape index (κ1) is 19.1. The first-order chi connectivity index (χ1) is 12.8. The van der Waals surface area contributed by atoms with Gasteiger partial charge >= 0.3 is 5.63 Å². The van der Waals surface area contributed by atoms with Crippen LogP contribution < -0.4 is 15.7 Å². The molecule has 0 aliphatic heterocycles. The van der Waals surface area contributed by atoms with Crippen molar-refractivity contribution in [2.75, 3.05) is 11.9 Å². The van der Waals surface area contributed by atoms with Gasteiger partial charge in [0.05, 0.1) is 17.0 Å². The van der Waals surface area contributed by atoms with Crippen LogP contribution >= 0.6 is 22.9 Å². The van der Waals surface area contributed by atoms with Crippen LogP contribution in [0.1, 0.15) is 18.1 Å². The molecule has 1 N–H and O–H groups in total. The lowest BCUT2D eigenvalue weighted by Crippen LogP contribution is -2.20. The Morgan fingerprint density at radius 3 is 2.89 bits per heavy atom. The molecule has 140 valence electrons. The van der Waals surface area contributed by atoms with Crippen molar-refractivity contribution < 1.29 is 13.9 Å². The predicted molar refractivity (Wildman–Crippen MR) is 107 cm³/mol. The predicted octanol–water partition coefficient (Wildman–Crippen LogP) is 4.35. The molecule has 0 atom stereocenters. The van der Waals surface area contributed by atoms with Crippen molar-refractivity contribution in [3.05, 3.63) is 62.4 Å². The first-order valence-electron chi connectivity index (χ1n) is 8.07. The van der Waals surface area contributed by atoms with Crippen LogP contribution in [0.4, 0.5) is 5.13 Å². The van der Waals surface area contributed by atoms with Gasteiger partial charge in [0.15, 0.2) is 5.13 Å². The summed E-state index contributed by atoms with van der Waals surface area (Å²) in [6.07, 6.45) is 1.47. The fraction of sp³-hybridized carbons (Fsp3) is 0.211. The minimum atomic E-state index is -0.567. The van der Waals surface area contributed by atoms with E-state index in [1.165, 1.54) is 11.3 Å². The van der Waals surface area contributed by atoms with Crippen molar-refractivity contribution in [3.8, 4) is 5.75 Å². The lowest BCUT2D eigenvalue weighted by molar-refractivity contribution is -0.115. The molecule has 27 heavy (non-hydrogen) atoms. The van der Waals surface area contributed by atoms with E-state index >= 15 is 0 Å². The van der Waals surface area contributed by atoms with E-state index in [1.807, 2.05) is 6.92 Å². The van der Waals surface area contributed by atoms with Gasteiger partial charge in [-0.15, -0.1) is 11.3 Å². The van der Waals surface area contributed by atoms with Crippen LogP contribution in [0.5, 0.6) is 5.75 Å². The molecule has 3 rings (SSSR count). The number of ether oxygens (including phenoxy) is 1. The lowest BCUT2D eigenvalue weighted by Gasteiger charge is -2.11. The molecular formula is C19H17ClN2O4S. The summed E-state index contributed by atoms with van der Waals surface area (Å²) in [5, 5.41) is 5.92. The van der Waals surface area contributed by atoms with Crippen LogP contribution in [0.2, 0.25) is 5.02 Å². The van der Waals surface area contributed by atoms with Crippen molar-refractivity contribution in [3.63, 3.8) is 0 Å². The number of amides is 1. The number of rotatable bonds is 6. The normalized spacial score (nSPS) is 10.8. The molecule has 0 fully saturated rings. The molecule has 0 bridgehead atoms. The lowest BCUT2D eigenvalue weighted by atomic mass is 10.0. The van der Waals surface area contributed by atoms with Crippen molar-refractivity contribution >= 4 is 44.9 Å². The van der Waals surface area contributed by atoms with Crippen LogP contribution in [-0.2, 0) is 11.2 Å². The van der Waals surface area contributed by atoms with E-state index in [0.29, 0.717) is 39.0 Å². The Labute approximate surface area is 164 Å². The van der Waals surface area contributed by atoms with Crippen LogP contribution in [0.3, 0.4) is 0 Å². The monoisotopic (exact) mass is 404 g/mol. The third kappa shape index (κ3) is 4.37. The van der Waals surface area contributed by atoms with Gasteiger partial charge in [0.1, 0.15) is 17.9 Å². The molecule has 2 aromatic heterocycles. The second-order valence-corrected chi connectivity index (χ2v) is 7.38. The molecule has 8 heteroatoms. The van der Waals surface area contributed by atoms with Crippen LogP contribution in [0, 0.1) is 6.92 Å². The molecule has 2 heterocycles. The number of anilines is 1. The summed E-state index contributed by atoms with van der Waals surface area (Å²) in [5.74, 6) is 0.0659. The summed E-state index contributed by atoms with van der Waals surface area (Å²) in [7, 11) is 0. The van der Waals surface area contributed by atoms with E-state index in [1.54, 1.807) is 30.6 Å². The van der Waals surface area contributed by atoms with E-state index in [0.717, 1.165) is 5.57 Å². The SMILES string of the molecule is C=C(C)COc1cc2oc(=O)c(CC(=O)Nc3nccs3)c(C)c2cc1Cl. The average Bonchev–Trinajstić information content (AvgIpc) is 3.10. The Morgan fingerprint density at radius 1 is 1.44 bits per heavy atom. The number of benzene rings is 1. The third-order valence-electron chi connectivity index (χ3n) is 3.83. The van der Waals surface area contributed by atoms with E-state index in [2.05, 4.69) is 16.9 Å². The highest BCUT2D eigenvalue weighted by Crippen LogP contribution is 2.32. The fourth-order valence-electron chi connectivity index (χ4n) is 2.51. The number of fused-ring (bicyclic) bond motifs is 1. The summed E-state index contributed by atoms with van der Waals surface area (Å²) in [4.78, 5) is 28.6. The number of hydrogen-bond acceptors (Lipinski definition) is 6. The van der Waals surface area contributed by atoms with Gasteiger partial charge in [0.2, 0.25) is 5.91 Å². The fourth-order valence-corrected chi connectivity index (χ4v) is 3.28. The quantitative estimate of drug-likeness (QED) is 0.488. The summed E-state index contributed by atoms with van der Waals surface area (Å²) in [6, 6.07) is 3.25. The molecule has 6 nitrogen and oxygen atoms in total. The summed E-state index contributed by atoms with van der Waals surface area (Å²) < 4.78 is 11.0. The van der Waals surface area contributed by atoms with Crippen LogP contribution in [0.15, 0.2) is 45.1 Å². The van der Waals surface area contributed by atoms with Gasteiger partial charge in [0, 0.05) is 23.0 Å². The molecular weight excluding hydrogens is 388 g/mol. The third-order valence-corrected chi connectivity index (χ3v) is 4.81. The minimum Gasteiger partial charge on any atom is -0.488 e. The molecule has 1 aromatic carbocycles. The van der Waals surface area contributed by atoms with Gasteiger partial charge in [-0.1, -0.05) is 18.2 Å². The van der Waals surface area contributed by atoms with Crippen molar-refractivity contribution in [2.24, 2.45) is 0 Å². The molecule has 0 saturated carbocycles. The highest BCUT2D eigenvalue weighted by molar-refractivity contribution is 7.13. The first-order valence-corrected chi connectivity index (χ1v) is 9.33. The highest BCUT2D eigenvalue weighted by atomic mass is 35.5. The Bertz CT molecular complexity index is 1070. The zero-order valence-electron chi connectivity index (χ0n) is 14.8. The second-order valence-electron chi connectivity index (χ2n) is 6.08. The van der Waals surface area contributed by atoms with Gasteiger partial charge in [-0.2, -0.15) is 0 Å². The van der Waals surface area contributed by atoms with Gasteiger partial charge in [-0.3, -0.25) is 4.79 Å². The maximum Gasteiger partial charge on any atom is 0.340 e. The van der Waals surface area contributed by atoms with Crippen molar-refractivity contribution in [2.45, 2.75) is 20.3 Å². The summed E-state index contributed by atoms with van der Waals surface area (Å²) in [6.45, 7) is 7.68. The second kappa shape index (κ2) is 7.94. The van der Waals surface area contributed by atoms with Crippen molar-refractivity contribution in [1.29, 1.82) is 0 Å². The van der Waals surface area contributed by atoms with Gasteiger partial charge in [-0.25, -0.2) is 9.78 Å². The standard InChI is InChI=1S/C19H17ClN2O4S/c1-10(2)9-25-16-8-15-12(6-14(16)20)11(3)13(18(24)26-15)7-17(23)22-19-21-4-5-27-19/h4-6,8H,1,7,9H2,2-3H3,(H,21,22,23). The van der Waals surface area contributed by atoms with Crippen LogP contribution in [-0.4, -0.2) is 17.5 Å². The number of nitrogens with one attached hydrogen (secondary N) is 1. The Morgan fingerprint density at radius 2 is 2.22 bits per heavy atom. The molecule has 0 aliphatic rings. The average molecular weight is 405 g/mol. The number of halogens is 1. The largest absolute Gasteiger partial charge is 0.488 e. The molecule has 0 radical (unpaired) electrons. The number of aryl methyl sites for hydroxylation is 1. The molecule has 0 aliphatic carbocycles. The van der Waals surface area contributed by atoms with E-state index in [9.17, 15) is 9.59 Å². The van der Waals surface area contributed by atoms with Gasteiger partial charge in [-0.05, 0) is 31.1 Å². The molecule has 0 unspecified atom stereocenters. The Hall–Kier alpha value is -2.64. The Balaban J connectivity index is 1.93. The number of hydrogen-bond donors (Lipinski definition) is 1. The smallest absolute Gasteiger partial charge is 0.340 e. The molecule has 1 amide bonds. The van der Waals surface area contributed by atoms with E-state index in [-0.39, 0.29) is 17.9 Å².